The molecule has 0 saturated heterocycles. The first-order chi connectivity index (χ1) is 9.66. The number of anilines is 1. The number of nitro groups is 1. The second-order valence-electron chi connectivity index (χ2n) is 3.87. The van der Waals surface area contributed by atoms with Gasteiger partial charge in [-0.3, -0.25) is 10.1 Å². The molecule has 2 rings (SSSR count). The van der Waals surface area contributed by atoms with Gasteiger partial charge in [0, 0.05) is 29.5 Å². The summed E-state index contributed by atoms with van der Waals surface area (Å²) in [5.74, 6) is 1.03. The molecule has 0 aliphatic rings. The molecule has 5 nitrogen and oxygen atoms in total. The lowest BCUT2D eigenvalue weighted by molar-refractivity contribution is -0.384. The summed E-state index contributed by atoms with van der Waals surface area (Å²) in [5.41, 5.74) is -0.109. The summed E-state index contributed by atoms with van der Waals surface area (Å²) in [7, 11) is 0. The first kappa shape index (κ1) is 14.6. The van der Waals surface area contributed by atoms with E-state index < -0.39 is 4.92 Å². The van der Waals surface area contributed by atoms with Crippen molar-refractivity contribution in [1.29, 1.82) is 0 Å². The predicted octanol–water partition coefficient (Wildman–Crippen LogP) is 3.85. The van der Waals surface area contributed by atoms with Crippen LogP contribution in [0.1, 0.15) is 0 Å². The fourth-order valence-electron chi connectivity index (χ4n) is 1.56. The molecular formula is C13H12ClN3O2S. The number of benzene rings is 1. The Hall–Kier alpha value is -1.79. The number of aromatic nitrogens is 1. The molecule has 1 aromatic carbocycles. The second kappa shape index (κ2) is 7.12. The van der Waals surface area contributed by atoms with E-state index in [1.807, 2.05) is 30.3 Å². The van der Waals surface area contributed by atoms with Gasteiger partial charge < -0.3 is 5.32 Å². The number of hydrogen-bond acceptors (Lipinski definition) is 5. The zero-order chi connectivity index (χ0) is 14.4. The first-order valence-corrected chi connectivity index (χ1v) is 7.25. The van der Waals surface area contributed by atoms with Gasteiger partial charge in [0.15, 0.2) is 0 Å². The minimum Gasteiger partial charge on any atom is -0.363 e. The van der Waals surface area contributed by atoms with E-state index in [0.29, 0.717) is 6.54 Å². The van der Waals surface area contributed by atoms with Gasteiger partial charge in [0.25, 0.3) is 0 Å². The van der Waals surface area contributed by atoms with E-state index in [1.165, 1.54) is 12.3 Å². The summed E-state index contributed by atoms with van der Waals surface area (Å²) in [4.78, 5) is 15.5. The largest absolute Gasteiger partial charge is 0.363 e. The Morgan fingerprint density at radius 1 is 1.35 bits per heavy atom. The third-order valence-corrected chi connectivity index (χ3v) is 3.66. The van der Waals surface area contributed by atoms with Crippen LogP contribution in [0.3, 0.4) is 0 Å². The molecule has 1 heterocycles. The molecule has 0 bridgehead atoms. The Morgan fingerprint density at radius 3 is 2.80 bits per heavy atom. The molecule has 1 N–H and O–H groups in total. The van der Waals surface area contributed by atoms with Crippen molar-refractivity contribution < 1.29 is 4.92 Å². The van der Waals surface area contributed by atoms with Crippen molar-refractivity contribution in [2.24, 2.45) is 0 Å². The monoisotopic (exact) mass is 309 g/mol. The van der Waals surface area contributed by atoms with Crippen molar-refractivity contribution in [1.82, 2.24) is 4.98 Å². The maximum Gasteiger partial charge on any atom is 0.312 e. The lowest BCUT2D eigenvalue weighted by Gasteiger charge is -2.06. The molecule has 0 aliphatic carbocycles. The number of pyridine rings is 1. The second-order valence-corrected chi connectivity index (χ2v) is 5.47. The van der Waals surface area contributed by atoms with Crippen LogP contribution in [0, 0.1) is 10.1 Å². The zero-order valence-corrected chi connectivity index (χ0v) is 12.0. The van der Waals surface area contributed by atoms with E-state index >= 15 is 0 Å². The highest BCUT2D eigenvalue weighted by Crippen LogP contribution is 2.25. The Bertz CT molecular complexity index is 595. The third kappa shape index (κ3) is 4.11. The third-order valence-electron chi connectivity index (χ3n) is 2.44. The number of hydrogen-bond donors (Lipinski definition) is 1. The Kier molecular flexibility index (Phi) is 5.20. The van der Waals surface area contributed by atoms with Gasteiger partial charge >= 0.3 is 5.69 Å². The maximum absolute atomic E-state index is 10.9. The highest BCUT2D eigenvalue weighted by Gasteiger charge is 2.15. The van der Waals surface area contributed by atoms with Crippen molar-refractivity contribution >= 4 is 34.9 Å². The normalized spacial score (nSPS) is 10.2. The fraction of sp³-hybridized carbons (Fsp3) is 0.154. The average Bonchev–Trinajstić information content (AvgIpc) is 2.45. The van der Waals surface area contributed by atoms with Crippen LogP contribution in [-0.4, -0.2) is 22.2 Å². The lowest BCUT2D eigenvalue weighted by atomic mass is 10.4. The van der Waals surface area contributed by atoms with Crippen LogP contribution < -0.4 is 5.32 Å². The minimum atomic E-state index is -0.494. The van der Waals surface area contributed by atoms with Gasteiger partial charge in [-0.05, 0) is 12.1 Å². The van der Waals surface area contributed by atoms with E-state index in [2.05, 4.69) is 10.3 Å². The predicted molar refractivity (Wildman–Crippen MR) is 81.6 cm³/mol. The van der Waals surface area contributed by atoms with E-state index in [4.69, 9.17) is 11.6 Å². The van der Waals surface area contributed by atoms with E-state index in [9.17, 15) is 10.1 Å². The molecule has 20 heavy (non-hydrogen) atoms. The summed E-state index contributed by atoms with van der Waals surface area (Å²) >= 11 is 7.37. The summed E-state index contributed by atoms with van der Waals surface area (Å²) in [6.07, 6.45) is 1.39. The van der Waals surface area contributed by atoms with E-state index in [1.54, 1.807) is 11.8 Å². The molecule has 0 unspecified atom stereocenters. The van der Waals surface area contributed by atoms with Gasteiger partial charge in [-0.2, -0.15) is 0 Å². The van der Waals surface area contributed by atoms with Crippen LogP contribution in [0.2, 0.25) is 5.02 Å². The molecule has 2 aromatic rings. The van der Waals surface area contributed by atoms with Crippen LogP contribution in [0.5, 0.6) is 0 Å². The smallest absolute Gasteiger partial charge is 0.312 e. The Morgan fingerprint density at radius 2 is 2.10 bits per heavy atom. The number of thioether (sulfide) groups is 1. The average molecular weight is 310 g/mol. The fourth-order valence-corrected chi connectivity index (χ4v) is 2.50. The molecule has 0 aliphatic heterocycles. The topological polar surface area (TPSA) is 68.1 Å². The molecule has 0 saturated carbocycles. The first-order valence-electron chi connectivity index (χ1n) is 5.88. The zero-order valence-electron chi connectivity index (χ0n) is 10.5. The van der Waals surface area contributed by atoms with E-state index in [-0.39, 0.29) is 16.5 Å². The van der Waals surface area contributed by atoms with Crippen molar-refractivity contribution in [2.75, 3.05) is 17.6 Å². The van der Waals surface area contributed by atoms with Gasteiger partial charge in [0.1, 0.15) is 0 Å². The Labute approximate surface area is 125 Å². The summed E-state index contributed by atoms with van der Waals surface area (Å²) in [6, 6.07) is 11.2. The summed E-state index contributed by atoms with van der Waals surface area (Å²) in [5, 5.41) is 14.1. The molecule has 0 fully saturated rings. The maximum atomic E-state index is 10.9. The molecule has 104 valence electrons. The number of rotatable bonds is 6. The number of nitrogens with zero attached hydrogens (tertiary/aromatic N) is 2. The quantitative estimate of drug-likeness (QED) is 0.380. The highest BCUT2D eigenvalue weighted by atomic mass is 35.5. The van der Waals surface area contributed by atoms with Crippen LogP contribution in [0.15, 0.2) is 47.5 Å². The van der Waals surface area contributed by atoms with Crippen molar-refractivity contribution in [3.8, 4) is 0 Å². The van der Waals surface area contributed by atoms with E-state index in [0.717, 1.165) is 10.6 Å². The minimum absolute atomic E-state index is 0.109. The van der Waals surface area contributed by atoms with Crippen LogP contribution in [0.4, 0.5) is 11.5 Å². The van der Waals surface area contributed by atoms with Crippen LogP contribution in [0.25, 0.3) is 0 Å². The molecule has 7 heteroatoms. The number of nitrogens with one attached hydrogen (secondary N) is 1. The number of halogens is 1. The summed E-state index contributed by atoms with van der Waals surface area (Å²) < 4.78 is 0. The molecule has 1 aromatic heterocycles. The van der Waals surface area contributed by atoms with Gasteiger partial charge in [0.05, 0.1) is 9.95 Å². The summed E-state index contributed by atoms with van der Waals surface area (Å²) in [6.45, 7) is 0.578. The molecule has 0 spiro atoms. The van der Waals surface area contributed by atoms with Gasteiger partial charge in [-0.1, -0.05) is 29.8 Å². The standard InChI is InChI=1S/C13H12ClN3O2S/c14-10-8-12(17(18)19)13(16-9-10)15-6-7-20-11-4-2-1-3-5-11/h1-5,8-9H,6-7H2,(H,15,16). The Balaban J connectivity index is 1.90. The molecule has 0 atom stereocenters. The molecular weight excluding hydrogens is 298 g/mol. The van der Waals surface area contributed by atoms with Crippen molar-refractivity contribution in [3.63, 3.8) is 0 Å². The van der Waals surface area contributed by atoms with Crippen LogP contribution in [-0.2, 0) is 0 Å². The van der Waals surface area contributed by atoms with Gasteiger partial charge in [-0.25, -0.2) is 4.98 Å². The SMILES string of the molecule is O=[N+]([O-])c1cc(Cl)cnc1NCCSc1ccccc1. The molecule has 0 amide bonds. The van der Waals surface area contributed by atoms with Crippen molar-refractivity contribution in [2.45, 2.75) is 4.90 Å². The van der Waals surface area contributed by atoms with Crippen LogP contribution >= 0.6 is 23.4 Å². The highest BCUT2D eigenvalue weighted by molar-refractivity contribution is 7.99. The van der Waals surface area contributed by atoms with Crippen molar-refractivity contribution in [3.05, 3.63) is 57.7 Å². The van der Waals surface area contributed by atoms with Gasteiger partial charge in [0.2, 0.25) is 5.82 Å². The van der Waals surface area contributed by atoms with Gasteiger partial charge in [-0.15, -0.1) is 11.8 Å². The molecule has 0 radical (unpaired) electrons. The lowest BCUT2D eigenvalue weighted by Crippen LogP contribution is -2.08.